The Hall–Kier alpha value is -2.78. The Bertz CT molecular complexity index is 1040. The summed E-state index contributed by atoms with van der Waals surface area (Å²) in [6.45, 7) is 6.67. The van der Waals surface area contributed by atoms with E-state index >= 15 is 0 Å². The number of aromatic hydroxyl groups is 1. The number of anilines is 1. The van der Waals surface area contributed by atoms with Crippen LogP contribution in [0.2, 0.25) is 0 Å². The molecule has 3 aromatic rings. The second-order valence-corrected chi connectivity index (χ2v) is 9.72. The molecule has 0 aliphatic rings. The summed E-state index contributed by atoms with van der Waals surface area (Å²) in [7, 11) is 0. The fourth-order valence-corrected chi connectivity index (χ4v) is 4.65. The number of nitrogens with one attached hydrogen (secondary N) is 2. The highest BCUT2D eigenvalue weighted by Crippen LogP contribution is 2.25. The summed E-state index contributed by atoms with van der Waals surface area (Å²) >= 11 is 3.00. The average Bonchev–Trinajstić information content (AvgIpc) is 3.36. The van der Waals surface area contributed by atoms with E-state index in [4.69, 9.17) is 0 Å². The third kappa shape index (κ3) is 6.60. The Kier molecular flexibility index (Phi) is 7.75. The quantitative estimate of drug-likeness (QED) is 0.445. The maximum absolute atomic E-state index is 12.3. The van der Waals surface area contributed by atoms with Crippen molar-refractivity contribution >= 4 is 39.6 Å². The van der Waals surface area contributed by atoms with Crippen molar-refractivity contribution in [1.82, 2.24) is 15.3 Å². The Morgan fingerprint density at radius 3 is 2.68 bits per heavy atom. The Morgan fingerprint density at radius 1 is 1.19 bits per heavy atom. The number of hydrogen-bond donors (Lipinski definition) is 3. The Morgan fingerprint density at radius 2 is 1.97 bits per heavy atom. The summed E-state index contributed by atoms with van der Waals surface area (Å²) in [6, 6.07) is 6.46. The van der Waals surface area contributed by atoms with Gasteiger partial charge in [0.2, 0.25) is 5.91 Å². The van der Waals surface area contributed by atoms with Gasteiger partial charge < -0.3 is 15.7 Å². The van der Waals surface area contributed by atoms with Gasteiger partial charge in [0.25, 0.3) is 5.91 Å². The van der Waals surface area contributed by atoms with Crippen LogP contribution in [0.3, 0.4) is 0 Å². The first-order chi connectivity index (χ1) is 14.8. The van der Waals surface area contributed by atoms with Crippen molar-refractivity contribution in [3.8, 4) is 5.75 Å². The first-order valence-electron chi connectivity index (χ1n) is 10.1. The minimum Gasteiger partial charge on any atom is -0.507 e. The van der Waals surface area contributed by atoms with Gasteiger partial charge in [0.15, 0.2) is 5.13 Å². The molecule has 2 heterocycles. The van der Waals surface area contributed by atoms with Crippen LogP contribution in [0.5, 0.6) is 5.75 Å². The van der Waals surface area contributed by atoms with Gasteiger partial charge in [-0.1, -0.05) is 32.9 Å². The van der Waals surface area contributed by atoms with Crippen LogP contribution in [-0.2, 0) is 17.6 Å². The van der Waals surface area contributed by atoms with Crippen LogP contribution in [0.15, 0.2) is 35.8 Å². The smallest absolute Gasteiger partial charge is 0.255 e. The number of nitrogens with zero attached hydrogens (tertiary/aromatic N) is 2. The molecule has 164 valence electrons. The van der Waals surface area contributed by atoms with Gasteiger partial charge in [0, 0.05) is 29.4 Å². The zero-order valence-corrected chi connectivity index (χ0v) is 19.3. The number of thiazole rings is 2. The highest BCUT2D eigenvalue weighted by atomic mass is 32.1. The van der Waals surface area contributed by atoms with Crippen LogP contribution in [0.25, 0.3) is 0 Å². The molecule has 0 bridgehead atoms. The van der Waals surface area contributed by atoms with Gasteiger partial charge in [-0.2, -0.15) is 0 Å². The second kappa shape index (κ2) is 10.5. The average molecular weight is 459 g/mol. The summed E-state index contributed by atoms with van der Waals surface area (Å²) in [6.07, 6.45) is 2.69. The van der Waals surface area contributed by atoms with Gasteiger partial charge in [0.05, 0.1) is 22.7 Å². The number of carbonyl (C=O) groups excluding carboxylic acids is 2. The lowest BCUT2D eigenvalue weighted by Gasteiger charge is -2.11. The van der Waals surface area contributed by atoms with Crippen molar-refractivity contribution in [2.24, 2.45) is 5.92 Å². The minimum absolute atomic E-state index is 0.0336. The number of aromatic nitrogens is 2. The molecule has 1 atom stereocenters. The minimum atomic E-state index is -0.302. The highest BCUT2D eigenvalue weighted by Gasteiger charge is 2.15. The number of amides is 2. The van der Waals surface area contributed by atoms with E-state index in [0.29, 0.717) is 24.0 Å². The molecule has 9 heteroatoms. The van der Waals surface area contributed by atoms with E-state index in [0.717, 1.165) is 15.6 Å². The number of para-hydroxylation sites is 1. The van der Waals surface area contributed by atoms with Crippen molar-refractivity contribution in [2.75, 3.05) is 11.9 Å². The molecule has 1 unspecified atom stereocenters. The SMILES string of the molecule is CC(CNC(=O)c1ccccc1O)Cc1nc(CC(=O)Nc2ncc(C(C)C)s2)cs1. The molecule has 3 N–H and O–H groups in total. The van der Waals surface area contributed by atoms with Crippen LogP contribution in [-0.4, -0.2) is 33.4 Å². The molecule has 7 nitrogen and oxygen atoms in total. The van der Waals surface area contributed by atoms with Gasteiger partial charge >= 0.3 is 0 Å². The van der Waals surface area contributed by atoms with E-state index in [1.54, 1.807) is 24.4 Å². The predicted octanol–water partition coefficient (Wildman–Crippen LogP) is 4.22. The van der Waals surface area contributed by atoms with E-state index in [2.05, 4.69) is 34.4 Å². The fourth-order valence-electron chi connectivity index (χ4n) is 2.86. The number of phenolic OH excluding ortho intramolecular Hbond substituents is 1. The molecule has 2 aromatic heterocycles. The van der Waals surface area contributed by atoms with Crippen LogP contribution >= 0.6 is 22.7 Å². The van der Waals surface area contributed by atoms with Gasteiger partial charge in [0.1, 0.15) is 5.75 Å². The summed E-state index contributed by atoms with van der Waals surface area (Å²) in [4.78, 5) is 34.4. The summed E-state index contributed by atoms with van der Waals surface area (Å²) in [5.41, 5.74) is 0.988. The molecule has 0 spiro atoms. The number of carbonyl (C=O) groups is 2. The summed E-state index contributed by atoms with van der Waals surface area (Å²) < 4.78 is 0. The van der Waals surface area contributed by atoms with Gasteiger partial charge in [-0.25, -0.2) is 9.97 Å². The largest absolute Gasteiger partial charge is 0.507 e. The van der Waals surface area contributed by atoms with E-state index in [-0.39, 0.29) is 35.5 Å². The van der Waals surface area contributed by atoms with Crippen LogP contribution < -0.4 is 10.6 Å². The topological polar surface area (TPSA) is 104 Å². The monoisotopic (exact) mass is 458 g/mol. The molecule has 0 saturated carbocycles. The predicted molar refractivity (Wildman–Crippen MR) is 124 cm³/mol. The molecule has 0 radical (unpaired) electrons. The molecule has 0 saturated heterocycles. The first-order valence-corrected chi connectivity index (χ1v) is 11.8. The van der Waals surface area contributed by atoms with E-state index in [9.17, 15) is 14.7 Å². The molecule has 1 aromatic carbocycles. The lowest BCUT2D eigenvalue weighted by molar-refractivity contribution is -0.115. The molecule has 0 aliphatic carbocycles. The van der Waals surface area contributed by atoms with Crippen molar-refractivity contribution < 1.29 is 14.7 Å². The van der Waals surface area contributed by atoms with Crippen molar-refractivity contribution in [3.05, 3.63) is 57.0 Å². The molecule has 0 fully saturated rings. The van der Waals surface area contributed by atoms with E-state index in [1.807, 2.05) is 12.3 Å². The summed E-state index contributed by atoms with van der Waals surface area (Å²) in [5, 5.41) is 18.9. The second-order valence-electron chi connectivity index (χ2n) is 7.72. The van der Waals surface area contributed by atoms with Crippen LogP contribution in [0.4, 0.5) is 5.13 Å². The number of rotatable bonds is 9. The Labute approximate surface area is 189 Å². The summed E-state index contributed by atoms with van der Waals surface area (Å²) in [5.74, 6) is 0.0734. The molecular weight excluding hydrogens is 432 g/mol. The molecule has 31 heavy (non-hydrogen) atoms. The third-order valence-corrected chi connectivity index (χ3v) is 6.70. The standard InChI is InChI=1S/C22H26N4O3S2/c1-13(2)18-11-24-22(31-18)26-19(28)9-15-12-30-20(25-15)8-14(3)10-23-21(29)16-6-4-5-7-17(16)27/h4-7,11-14,27H,8-10H2,1-3H3,(H,23,29)(H,24,26,28). The first kappa shape index (κ1) is 22.9. The highest BCUT2D eigenvalue weighted by molar-refractivity contribution is 7.15. The maximum Gasteiger partial charge on any atom is 0.255 e. The lowest BCUT2D eigenvalue weighted by atomic mass is 10.1. The van der Waals surface area contributed by atoms with Gasteiger partial charge in [-0.3, -0.25) is 9.59 Å². The lowest BCUT2D eigenvalue weighted by Crippen LogP contribution is -2.29. The molecule has 0 aliphatic heterocycles. The Balaban J connectivity index is 1.46. The third-order valence-electron chi connectivity index (χ3n) is 4.56. The molecule has 2 amide bonds. The van der Waals surface area contributed by atoms with E-state index < -0.39 is 0 Å². The van der Waals surface area contributed by atoms with Gasteiger partial charge in [-0.05, 0) is 24.0 Å². The van der Waals surface area contributed by atoms with Crippen molar-refractivity contribution in [2.45, 2.75) is 39.5 Å². The van der Waals surface area contributed by atoms with Crippen LogP contribution in [0.1, 0.15) is 52.6 Å². The van der Waals surface area contributed by atoms with E-state index in [1.165, 1.54) is 28.7 Å². The maximum atomic E-state index is 12.3. The number of phenols is 1. The normalized spacial score (nSPS) is 12.0. The zero-order valence-electron chi connectivity index (χ0n) is 17.7. The molecule has 3 rings (SSSR count). The van der Waals surface area contributed by atoms with Gasteiger partial charge in [-0.15, -0.1) is 22.7 Å². The van der Waals surface area contributed by atoms with Crippen molar-refractivity contribution in [1.29, 1.82) is 0 Å². The van der Waals surface area contributed by atoms with Crippen molar-refractivity contribution in [3.63, 3.8) is 0 Å². The molecular formula is C22H26N4O3S2. The van der Waals surface area contributed by atoms with Crippen LogP contribution in [0, 0.1) is 5.92 Å². The number of benzene rings is 1. The zero-order chi connectivity index (χ0) is 22.4. The number of hydrogen-bond acceptors (Lipinski definition) is 7. The fraction of sp³-hybridized carbons (Fsp3) is 0.364.